The summed E-state index contributed by atoms with van der Waals surface area (Å²) in [5.74, 6) is 0. The van der Waals surface area contributed by atoms with Crippen molar-refractivity contribution in [2.45, 2.75) is 19.5 Å². The summed E-state index contributed by atoms with van der Waals surface area (Å²) in [7, 11) is 2.04. The van der Waals surface area contributed by atoms with E-state index in [4.69, 9.17) is 23.2 Å². The molecule has 100 valence electrons. The molecule has 0 bridgehead atoms. The molecule has 5 heteroatoms. The van der Waals surface area contributed by atoms with E-state index in [1.54, 1.807) is 6.07 Å². The van der Waals surface area contributed by atoms with Crippen LogP contribution in [-0.2, 0) is 6.54 Å². The summed E-state index contributed by atoms with van der Waals surface area (Å²) in [6, 6.07) is 11.8. The SMILES string of the molecule is CC(c1cccc(Cl)c1)N(C)Cc1ccc(Cl)nn1. The first-order valence-corrected chi connectivity index (χ1v) is 6.75. The van der Waals surface area contributed by atoms with Crippen LogP contribution in [0.1, 0.15) is 24.2 Å². The fraction of sp³-hybridized carbons (Fsp3) is 0.286. The second-order valence-electron chi connectivity index (χ2n) is 4.49. The molecule has 0 aliphatic heterocycles. The molecule has 0 radical (unpaired) electrons. The lowest BCUT2D eigenvalue weighted by molar-refractivity contribution is 0.249. The minimum Gasteiger partial charge on any atom is -0.294 e. The molecule has 1 unspecified atom stereocenters. The molecule has 1 heterocycles. The van der Waals surface area contributed by atoms with E-state index in [1.165, 1.54) is 5.56 Å². The summed E-state index contributed by atoms with van der Waals surface area (Å²) in [5, 5.41) is 9.07. The Morgan fingerprint density at radius 3 is 2.58 bits per heavy atom. The van der Waals surface area contributed by atoms with Gasteiger partial charge in [-0.25, -0.2) is 0 Å². The highest BCUT2D eigenvalue weighted by Gasteiger charge is 2.13. The predicted octanol–water partition coefficient (Wildman–Crippen LogP) is 3.98. The fourth-order valence-electron chi connectivity index (χ4n) is 1.84. The van der Waals surface area contributed by atoms with Crippen LogP contribution in [0.4, 0.5) is 0 Å². The van der Waals surface area contributed by atoms with Gasteiger partial charge in [0.05, 0.1) is 5.69 Å². The van der Waals surface area contributed by atoms with Crippen molar-refractivity contribution in [3.63, 3.8) is 0 Å². The molecule has 0 N–H and O–H groups in total. The van der Waals surface area contributed by atoms with E-state index >= 15 is 0 Å². The molecule has 19 heavy (non-hydrogen) atoms. The first kappa shape index (κ1) is 14.3. The van der Waals surface area contributed by atoms with Crippen LogP contribution in [0.3, 0.4) is 0 Å². The molecular weight excluding hydrogens is 281 g/mol. The van der Waals surface area contributed by atoms with Crippen molar-refractivity contribution in [3.8, 4) is 0 Å². The Morgan fingerprint density at radius 1 is 1.16 bits per heavy atom. The summed E-state index contributed by atoms with van der Waals surface area (Å²) in [6.07, 6.45) is 0. The standard InChI is InChI=1S/C14H15Cl2N3/c1-10(11-4-3-5-12(15)8-11)19(2)9-13-6-7-14(16)18-17-13/h3-8,10H,9H2,1-2H3. The van der Waals surface area contributed by atoms with Crippen LogP contribution in [-0.4, -0.2) is 22.1 Å². The van der Waals surface area contributed by atoms with E-state index in [2.05, 4.69) is 28.1 Å². The quantitative estimate of drug-likeness (QED) is 0.854. The molecule has 0 saturated carbocycles. The van der Waals surface area contributed by atoms with Crippen molar-refractivity contribution >= 4 is 23.2 Å². The van der Waals surface area contributed by atoms with E-state index in [0.29, 0.717) is 11.7 Å². The number of rotatable bonds is 4. The van der Waals surface area contributed by atoms with E-state index in [1.807, 2.05) is 31.3 Å². The largest absolute Gasteiger partial charge is 0.294 e. The number of nitrogens with zero attached hydrogens (tertiary/aromatic N) is 3. The summed E-state index contributed by atoms with van der Waals surface area (Å²) in [6.45, 7) is 2.84. The molecule has 2 aromatic rings. The maximum Gasteiger partial charge on any atom is 0.151 e. The predicted molar refractivity (Wildman–Crippen MR) is 78.4 cm³/mol. The Hall–Kier alpha value is -1.16. The monoisotopic (exact) mass is 295 g/mol. The molecule has 0 saturated heterocycles. The lowest BCUT2D eigenvalue weighted by Gasteiger charge is -2.24. The van der Waals surface area contributed by atoms with Gasteiger partial charge < -0.3 is 0 Å². The lowest BCUT2D eigenvalue weighted by atomic mass is 10.1. The van der Waals surface area contributed by atoms with Gasteiger partial charge in [0.1, 0.15) is 0 Å². The highest BCUT2D eigenvalue weighted by Crippen LogP contribution is 2.22. The molecule has 1 atom stereocenters. The Balaban J connectivity index is 2.07. The minimum absolute atomic E-state index is 0.246. The van der Waals surface area contributed by atoms with Crippen LogP contribution < -0.4 is 0 Å². The van der Waals surface area contributed by atoms with Crippen LogP contribution >= 0.6 is 23.2 Å². The third-order valence-electron chi connectivity index (χ3n) is 3.09. The van der Waals surface area contributed by atoms with Gasteiger partial charge >= 0.3 is 0 Å². The van der Waals surface area contributed by atoms with Gasteiger partial charge in [-0.1, -0.05) is 35.3 Å². The first-order chi connectivity index (χ1) is 9.06. The minimum atomic E-state index is 0.246. The Morgan fingerprint density at radius 2 is 1.95 bits per heavy atom. The Bertz CT molecular complexity index is 543. The maximum atomic E-state index is 6.02. The maximum absolute atomic E-state index is 6.02. The van der Waals surface area contributed by atoms with Gasteiger partial charge in [-0.2, -0.15) is 5.10 Å². The van der Waals surface area contributed by atoms with Crippen LogP contribution in [0, 0.1) is 0 Å². The second-order valence-corrected chi connectivity index (χ2v) is 5.32. The number of halogens is 2. The third-order valence-corrected chi connectivity index (χ3v) is 3.53. The van der Waals surface area contributed by atoms with Crippen molar-refractivity contribution in [2.24, 2.45) is 0 Å². The molecule has 0 aliphatic carbocycles. The second kappa shape index (κ2) is 6.33. The highest BCUT2D eigenvalue weighted by atomic mass is 35.5. The summed E-state index contributed by atoms with van der Waals surface area (Å²) < 4.78 is 0. The fourth-order valence-corrected chi connectivity index (χ4v) is 2.14. The normalized spacial score (nSPS) is 12.7. The number of aromatic nitrogens is 2. The van der Waals surface area contributed by atoms with E-state index in [-0.39, 0.29) is 6.04 Å². The van der Waals surface area contributed by atoms with Crippen molar-refractivity contribution in [2.75, 3.05) is 7.05 Å². The zero-order valence-corrected chi connectivity index (χ0v) is 12.4. The van der Waals surface area contributed by atoms with Crippen molar-refractivity contribution in [1.82, 2.24) is 15.1 Å². The molecule has 3 nitrogen and oxygen atoms in total. The molecular formula is C14H15Cl2N3. The summed E-state index contributed by atoms with van der Waals surface area (Å²) in [4.78, 5) is 2.18. The zero-order valence-electron chi connectivity index (χ0n) is 10.8. The van der Waals surface area contributed by atoms with Crippen molar-refractivity contribution in [3.05, 3.63) is 57.8 Å². The average molecular weight is 296 g/mol. The van der Waals surface area contributed by atoms with Crippen LogP contribution in [0.2, 0.25) is 10.2 Å². The number of benzene rings is 1. The van der Waals surface area contributed by atoms with Gasteiger partial charge in [0, 0.05) is 17.6 Å². The Labute approximate surface area is 123 Å². The van der Waals surface area contributed by atoms with Crippen LogP contribution in [0.5, 0.6) is 0 Å². The zero-order chi connectivity index (χ0) is 13.8. The molecule has 0 fully saturated rings. The average Bonchev–Trinajstić information content (AvgIpc) is 2.40. The van der Waals surface area contributed by atoms with Crippen molar-refractivity contribution in [1.29, 1.82) is 0 Å². The molecule has 0 aliphatic rings. The molecule has 0 spiro atoms. The molecule has 2 rings (SSSR count). The number of hydrogen-bond acceptors (Lipinski definition) is 3. The first-order valence-electron chi connectivity index (χ1n) is 6.00. The molecule has 0 amide bonds. The van der Waals surface area contributed by atoms with Gasteiger partial charge in [-0.3, -0.25) is 4.90 Å². The molecule has 1 aromatic heterocycles. The van der Waals surface area contributed by atoms with Crippen molar-refractivity contribution < 1.29 is 0 Å². The third kappa shape index (κ3) is 3.90. The van der Waals surface area contributed by atoms with Gasteiger partial charge in [0.25, 0.3) is 0 Å². The number of hydrogen-bond donors (Lipinski definition) is 0. The van der Waals surface area contributed by atoms with E-state index < -0.39 is 0 Å². The van der Waals surface area contributed by atoms with Gasteiger partial charge in [0.15, 0.2) is 5.15 Å². The van der Waals surface area contributed by atoms with Gasteiger partial charge in [-0.05, 0) is 43.8 Å². The Kier molecular flexibility index (Phi) is 4.75. The summed E-state index contributed by atoms with van der Waals surface area (Å²) in [5.41, 5.74) is 2.07. The lowest BCUT2D eigenvalue weighted by Crippen LogP contribution is -2.22. The highest BCUT2D eigenvalue weighted by molar-refractivity contribution is 6.30. The van der Waals surface area contributed by atoms with Crippen LogP contribution in [0.15, 0.2) is 36.4 Å². The van der Waals surface area contributed by atoms with Crippen LogP contribution in [0.25, 0.3) is 0 Å². The van der Waals surface area contributed by atoms with Gasteiger partial charge in [-0.15, -0.1) is 5.10 Å². The van der Waals surface area contributed by atoms with E-state index in [9.17, 15) is 0 Å². The van der Waals surface area contributed by atoms with E-state index in [0.717, 1.165) is 10.7 Å². The topological polar surface area (TPSA) is 29.0 Å². The van der Waals surface area contributed by atoms with Gasteiger partial charge in [0.2, 0.25) is 0 Å². The smallest absolute Gasteiger partial charge is 0.151 e. The molecule has 1 aromatic carbocycles. The summed E-state index contributed by atoms with van der Waals surface area (Å²) >= 11 is 11.7.